The first kappa shape index (κ1) is 13.9. The Morgan fingerprint density at radius 2 is 1.95 bits per heavy atom. The predicted molar refractivity (Wildman–Crippen MR) is 66.7 cm³/mol. The number of halogens is 2. The smallest absolute Gasteiger partial charge is 0.244 e. The molecule has 104 valence electrons. The molecule has 1 aromatic rings. The van der Waals surface area contributed by atoms with Crippen LogP contribution in [0.5, 0.6) is 0 Å². The van der Waals surface area contributed by atoms with Gasteiger partial charge in [-0.15, -0.1) is 0 Å². The molecule has 3 N–H and O–H groups in total. The second-order valence-electron chi connectivity index (χ2n) is 4.80. The highest BCUT2D eigenvalue weighted by Crippen LogP contribution is 2.23. The summed E-state index contributed by atoms with van der Waals surface area (Å²) >= 11 is 0. The van der Waals surface area contributed by atoms with Gasteiger partial charge in [0.2, 0.25) is 5.91 Å². The van der Waals surface area contributed by atoms with Crippen LogP contribution < -0.4 is 11.1 Å². The number of benzene rings is 1. The number of rotatable bonds is 2. The maximum absolute atomic E-state index is 13.6. The summed E-state index contributed by atoms with van der Waals surface area (Å²) in [4.78, 5) is 12.1. The van der Waals surface area contributed by atoms with Crippen LogP contribution >= 0.6 is 0 Å². The molecule has 0 aliphatic carbocycles. The summed E-state index contributed by atoms with van der Waals surface area (Å²) in [6.45, 7) is 2.22. The molecule has 1 aliphatic rings. The number of aryl methyl sites for hydroxylation is 1. The Hall–Kier alpha value is -1.53. The summed E-state index contributed by atoms with van der Waals surface area (Å²) in [6, 6.07) is 2.00. The van der Waals surface area contributed by atoms with Crippen molar-refractivity contribution >= 4 is 11.6 Å². The van der Waals surface area contributed by atoms with Gasteiger partial charge in [-0.2, -0.15) is 0 Å². The maximum Gasteiger partial charge on any atom is 0.244 e. The molecule has 0 spiro atoms. The summed E-state index contributed by atoms with van der Waals surface area (Å²) < 4.78 is 32.1. The summed E-state index contributed by atoms with van der Waals surface area (Å²) in [5.41, 5.74) is 4.86. The number of carbonyl (C=O) groups excluding carboxylic acids is 1. The van der Waals surface area contributed by atoms with Gasteiger partial charge in [-0.25, -0.2) is 8.78 Å². The van der Waals surface area contributed by atoms with E-state index in [1.54, 1.807) is 0 Å². The van der Waals surface area contributed by atoms with Crippen molar-refractivity contribution in [2.24, 2.45) is 5.73 Å². The molecule has 2 rings (SSSR count). The molecule has 0 saturated carbocycles. The first-order valence-corrected chi connectivity index (χ1v) is 6.06. The van der Waals surface area contributed by atoms with Crippen LogP contribution in [0.3, 0.4) is 0 Å². The number of hydrogen-bond donors (Lipinski definition) is 2. The van der Waals surface area contributed by atoms with E-state index in [4.69, 9.17) is 10.5 Å². The van der Waals surface area contributed by atoms with Crippen LogP contribution in [-0.2, 0) is 9.53 Å². The standard InChI is InChI=1S/C13H16F2N2O2/c1-8-6-10(15)11(7-9(8)14)17-12(18)13(16)2-4-19-5-3-13/h6-7H,2-5,16H2,1H3,(H,17,18). The summed E-state index contributed by atoms with van der Waals surface area (Å²) in [5.74, 6) is -1.77. The van der Waals surface area contributed by atoms with Crippen LogP contribution in [0.1, 0.15) is 18.4 Å². The average molecular weight is 270 g/mol. The minimum Gasteiger partial charge on any atom is -0.381 e. The van der Waals surface area contributed by atoms with Crippen molar-refractivity contribution in [1.29, 1.82) is 0 Å². The van der Waals surface area contributed by atoms with Gasteiger partial charge in [-0.05, 0) is 31.4 Å². The molecule has 1 saturated heterocycles. The van der Waals surface area contributed by atoms with E-state index in [0.29, 0.717) is 26.1 Å². The largest absolute Gasteiger partial charge is 0.381 e. The Bertz CT molecular complexity index is 500. The third-order valence-corrected chi connectivity index (χ3v) is 3.33. The van der Waals surface area contributed by atoms with E-state index in [2.05, 4.69) is 5.32 Å². The van der Waals surface area contributed by atoms with E-state index in [9.17, 15) is 13.6 Å². The van der Waals surface area contributed by atoms with Gasteiger partial charge in [-0.3, -0.25) is 4.79 Å². The third-order valence-electron chi connectivity index (χ3n) is 3.33. The van der Waals surface area contributed by atoms with Crippen LogP contribution in [0.25, 0.3) is 0 Å². The Morgan fingerprint density at radius 3 is 2.58 bits per heavy atom. The summed E-state index contributed by atoms with van der Waals surface area (Å²) in [5, 5.41) is 2.35. The lowest BCUT2D eigenvalue weighted by Gasteiger charge is -2.31. The van der Waals surface area contributed by atoms with E-state index in [0.717, 1.165) is 12.1 Å². The first-order valence-electron chi connectivity index (χ1n) is 6.06. The first-order chi connectivity index (χ1) is 8.92. The van der Waals surface area contributed by atoms with Gasteiger partial charge in [0.05, 0.1) is 5.69 Å². The Balaban J connectivity index is 2.16. The Morgan fingerprint density at radius 1 is 1.32 bits per heavy atom. The Kier molecular flexibility index (Phi) is 3.82. The molecule has 1 amide bonds. The van der Waals surface area contributed by atoms with Gasteiger partial charge in [0, 0.05) is 19.3 Å². The van der Waals surface area contributed by atoms with Crippen molar-refractivity contribution in [3.8, 4) is 0 Å². The normalized spacial score (nSPS) is 18.1. The molecule has 0 bridgehead atoms. The monoisotopic (exact) mass is 270 g/mol. The van der Waals surface area contributed by atoms with E-state index in [1.165, 1.54) is 6.92 Å². The van der Waals surface area contributed by atoms with Gasteiger partial charge in [0.1, 0.15) is 17.2 Å². The average Bonchev–Trinajstić information content (AvgIpc) is 2.36. The number of nitrogens with one attached hydrogen (secondary N) is 1. The van der Waals surface area contributed by atoms with Crippen molar-refractivity contribution in [3.63, 3.8) is 0 Å². The molecule has 0 atom stereocenters. The van der Waals surface area contributed by atoms with E-state index in [-0.39, 0.29) is 11.3 Å². The predicted octanol–water partition coefficient (Wildman–Crippen LogP) is 1.72. The minimum atomic E-state index is -1.09. The zero-order chi connectivity index (χ0) is 14.0. The van der Waals surface area contributed by atoms with Crippen LogP contribution in [0.4, 0.5) is 14.5 Å². The van der Waals surface area contributed by atoms with Crippen molar-refractivity contribution in [2.75, 3.05) is 18.5 Å². The van der Waals surface area contributed by atoms with Gasteiger partial charge < -0.3 is 15.8 Å². The van der Waals surface area contributed by atoms with Gasteiger partial charge >= 0.3 is 0 Å². The van der Waals surface area contributed by atoms with Gasteiger partial charge in [-0.1, -0.05) is 0 Å². The Labute approximate surface area is 109 Å². The third kappa shape index (κ3) is 2.90. The second-order valence-corrected chi connectivity index (χ2v) is 4.80. The molecule has 6 heteroatoms. The summed E-state index contributed by atoms with van der Waals surface area (Å²) in [7, 11) is 0. The molecule has 0 unspecified atom stereocenters. The molecular formula is C13H16F2N2O2. The van der Waals surface area contributed by atoms with Gasteiger partial charge in [0.15, 0.2) is 0 Å². The van der Waals surface area contributed by atoms with E-state index < -0.39 is 23.1 Å². The zero-order valence-electron chi connectivity index (χ0n) is 10.6. The quantitative estimate of drug-likeness (QED) is 0.860. The molecule has 1 aliphatic heterocycles. The van der Waals surface area contributed by atoms with Crippen molar-refractivity contribution in [3.05, 3.63) is 29.3 Å². The van der Waals surface area contributed by atoms with E-state index in [1.807, 2.05) is 0 Å². The van der Waals surface area contributed by atoms with Crippen LogP contribution in [0.2, 0.25) is 0 Å². The molecule has 4 nitrogen and oxygen atoms in total. The number of amides is 1. The molecule has 1 fully saturated rings. The van der Waals surface area contributed by atoms with Crippen LogP contribution in [-0.4, -0.2) is 24.7 Å². The SMILES string of the molecule is Cc1cc(F)c(NC(=O)C2(N)CCOCC2)cc1F. The highest BCUT2D eigenvalue weighted by atomic mass is 19.1. The topological polar surface area (TPSA) is 64.4 Å². The molecule has 0 radical (unpaired) electrons. The highest BCUT2D eigenvalue weighted by Gasteiger charge is 2.36. The molecular weight excluding hydrogens is 254 g/mol. The molecule has 0 aromatic heterocycles. The van der Waals surface area contributed by atoms with Crippen molar-refractivity contribution < 1.29 is 18.3 Å². The van der Waals surface area contributed by atoms with Crippen LogP contribution in [0, 0.1) is 18.6 Å². The fourth-order valence-corrected chi connectivity index (χ4v) is 1.95. The lowest BCUT2D eigenvalue weighted by Crippen LogP contribution is -2.54. The maximum atomic E-state index is 13.6. The number of anilines is 1. The molecule has 1 heterocycles. The number of hydrogen-bond acceptors (Lipinski definition) is 3. The lowest BCUT2D eigenvalue weighted by molar-refractivity contribution is -0.124. The zero-order valence-corrected chi connectivity index (χ0v) is 10.6. The second kappa shape index (κ2) is 5.22. The van der Waals surface area contributed by atoms with Crippen molar-refractivity contribution in [2.45, 2.75) is 25.3 Å². The lowest BCUT2D eigenvalue weighted by atomic mass is 9.90. The van der Waals surface area contributed by atoms with Gasteiger partial charge in [0.25, 0.3) is 0 Å². The fraction of sp³-hybridized carbons (Fsp3) is 0.462. The minimum absolute atomic E-state index is 0.184. The molecule has 1 aromatic carbocycles. The van der Waals surface area contributed by atoms with Crippen LogP contribution in [0.15, 0.2) is 12.1 Å². The number of nitrogens with two attached hydrogens (primary N) is 1. The van der Waals surface area contributed by atoms with E-state index >= 15 is 0 Å². The highest BCUT2D eigenvalue weighted by molar-refractivity contribution is 5.98. The number of ether oxygens (including phenoxy) is 1. The molecule has 19 heavy (non-hydrogen) atoms. The van der Waals surface area contributed by atoms with Crippen molar-refractivity contribution in [1.82, 2.24) is 0 Å². The summed E-state index contributed by atoms with van der Waals surface area (Å²) in [6.07, 6.45) is 0.712. The fourth-order valence-electron chi connectivity index (χ4n) is 1.95. The number of carbonyl (C=O) groups is 1.